The topological polar surface area (TPSA) is 27.0 Å². The van der Waals surface area contributed by atoms with Crippen molar-refractivity contribution in [2.45, 2.75) is 44.6 Å². The van der Waals surface area contributed by atoms with E-state index in [1.165, 1.54) is 38.5 Å². The van der Waals surface area contributed by atoms with E-state index in [2.05, 4.69) is 33.0 Å². The highest BCUT2D eigenvalue weighted by Gasteiger charge is 2.34. The van der Waals surface area contributed by atoms with Crippen molar-refractivity contribution in [3.05, 3.63) is 28.2 Å². The molecule has 0 bridgehead atoms. The maximum Gasteiger partial charge on any atom is 0.101 e. The average molecular weight is 319 g/mol. The fraction of sp³-hybridized carbons (Fsp3) is 0.562. The van der Waals surface area contributed by atoms with Gasteiger partial charge in [-0.2, -0.15) is 5.26 Å². The second kappa shape index (κ2) is 5.54. The Balaban J connectivity index is 1.92. The molecular weight excluding hydrogens is 300 g/mol. The van der Waals surface area contributed by atoms with Crippen molar-refractivity contribution < 1.29 is 0 Å². The first kappa shape index (κ1) is 13.0. The molecule has 0 spiro atoms. The van der Waals surface area contributed by atoms with Crippen LogP contribution in [-0.4, -0.2) is 12.6 Å². The third-order valence-corrected chi connectivity index (χ3v) is 5.13. The molecule has 2 nitrogen and oxygen atoms in total. The molecule has 3 heteroatoms. The van der Waals surface area contributed by atoms with Gasteiger partial charge in [0.15, 0.2) is 0 Å². The van der Waals surface area contributed by atoms with Crippen LogP contribution in [0.1, 0.15) is 44.1 Å². The summed E-state index contributed by atoms with van der Waals surface area (Å²) in [7, 11) is 0. The molecule has 1 unspecified atom stereocenters. The van der Waals surface area contributed by atoms with E-state index in [4.69, 9.17) is 0 Å². The van der Waals surface area contributed by atoms with E-state index in [1.807, 2.05) is 12.1 Å². The molecule has 0 radical (unpaired) electrons. The molecule has 1 atom stereocenters. The van der Waals surface area contributed by atoms with Crippen molar-refractivity contribution in [3.63, 3.8) is 0 Å². The lowest BCUT2D eigenvalue weighted by Gasteiger charge is -2.32. The van der Waals surface area contributed by atoms with Crippen LogP contribution >= 0.6 is 15.9 Å². The first-order chi connectivity index (χ1) is 9.29. The predicted molar refractivity (Wildman–Crippen MR) is 81.2 cm³/mol. The molecular formula is C16H19BrN2. The van der Waals surface area contributed by atoms with Crippen LogP contribution < -0.4 is 4.90 Å². The first-order valence-corrected chi connectivity index (χ1v) is 8.05. The lowest BCUT2D eigenvalue weighted by atomic mass is 9.95. The van der Waals surface area contributed by atoms with Gasteiger partial charge in [-0.15, -0.1) is 0 Å². The number of anilines is 1. The normalized spacial score (nSPS) is 23.8. The van der Waals surface area contributed by atoms with Gasteiger partial charge in [0.1, 0.15) is 6.07 Å². The number of nitrogens with zero attached hydrogens (tertiary/aromatic N) is 2. The lowest BCUT2D eigenvalue weighted by molar-refractivity contribution is 0.430. The number of halogens is 1. The van der Waals surface area contributed by atoms with Crippen LogP contribution in [0.2, 0.25) is 0 Å². The van der Waals surface area contributed by atoms with Crippen LogP contribution in [0.15, 0.2) is 22.7 Å². The Hall–Kier alpha value is -1.01. The van der Waals surface area contributed by atoms with Gasteiger partial charge in [-0.05, 0) is 49.8 Å². The zero-order chi connectivity index (χ0) is 13.2. The first-order valence-electron chi connectivity index (χ1n) is 7.26. The Kier molecular flexibility index (Phi) is 3.79. The largest absolute Gasteiger partial charge is 0.367 e. The smallest absolute Gasteiger partial charge is 0.101 e. The van der Waals surface area contributed by atoms with Gasteiger partial charge >= 0.3 is 0 Å². The van der Waals surface area contributed by atoms with Gasteiger partial charge in [-0.3, -0.25) is 0 Å². The average Bonchev–Trinajstić information content (AvgIpc) is 3.09. The minimum absolute atomic E-state index is 0.656. The van der Waals surface area contributed by atoms with Crippen LogP contribution in [0.3, 0.4) is 0 Å². The van der Waals surface area contributed by atoms with Crippen molar-refractivity contribution in [2.24, 2.45) is 5.92 Å². The van der Waals surface area contributed by atoms with Crippen LogP contribution in [0.25, 0.3) is 0 Å². The minimum Gasteiger partial charge on any atom is -0.367 e. The summed E-state index contributed by atoms with van der Waals surface area (Å²) in [5, 5.41) is 9.33. The molecule has 19 heavy (non-hydrogen) atoms. The molecule has 0 N–H and O–H groups in total. The number of hydrogen-bond donors (Lipinski definition) is 0. The zero-order valence-corrected chi connectivity index (χ0v) is 12.7. The molecule has 2 fully saturated rings. The van der Waals surface area contributed by atoms with Gasteiger partial charge in [0.05, 0.1) is 11.3 Å². The molecule has 100 valence electrons. The monoisotopic (exact) mass is 318 g/mol. The van der Waals surface area contributed by atoms with Gasteiger partial charge in [0.2, 0.25) is 0 Å². The lowest BCUT2D eigenvalue weighted by Crippen LogP contribution is -2.35. The van der Waals surface area contributed by atoms with Gasteiger partial charge in [0, 0.05) is 17.1 Å². The molecule has 1 aliphatic carbocycles. The third-order valence-electron chi connectivity index (χ3n) is 4.63. The Labute approximate surface area is 123 Å². The summed E-state index contributed by atoms with van der Waals surface area (Å²) in [4.78, 5) is 2.50. The molecule has 1 saturated heterocycles. The fourth-order valence-electron chi connectivity index (χ4n) is 3.76. The van der Waals surface area contributed by atoms with Gasteiger partial charge in [0.25, 0.3) is 0 Å². The van der Waals surface area contributed by atoms with E-state index < -0.39 is 0 Å². The van der Waals surface area contributed by atoms with E-state index in [9.17, 15) is 5.26 Å². The number of hydrogen-bond acceptors (Lipinski definition) is 2. The number of benzene rings is 1. The molecule has 3 rings (SSSR count). The molecule has 1 aliphatic heterocycles. The highest BCUT2D eigenvalue weighted by Crippen LogP contribution is 2.39. The fourth-order valence-corrected chi connectivity index (χ4v) is 4.11. The molecule has 1 heterocycles. The third kappa shape index (κ3) is 2.51. The van der Waals surface area contributed by atoms with Crippen LogP contribution in [0.4, 0.5) is 5.69 Å². The van der Waals surface area contributed by atoms with Gasteiger partial charge in [-0.1, -0.05) is 28.8 Å². The molecule has 0 aromatic heterocycles. The number of nitriles is 1. The van der Waals surface area contributed by atoms with Gasteiger partial charge in [-0.25, -0.2) is 0 Å². The summed E-state index contributed by atoms with van der Waals surface area (Å²) in [6, 6.07) is 9.02. The SMILES string of the molecule is N#Cc1ccc(Br)cc1N1CCCC1C1CCCC1. The molecule has 1 aromatic rings. The van der Waals surface area contributed by atoms with E-state index in [0.29, 0.717) is 6.04 Å². The Morgan fingerprint density at radius 1 is 1.16 bits per heavy atom. The maximum atomic E-state index is 9.33. The Morgan fingerprint density at radius 3 is 2.68 bits per heavy atom. The second-order valence-corrected chi connectivity index (χ2v) is 6.64. The van der Waals surface area contributed by atoms with Crippen molar-refractivity contribution >= 4 is 21.6 Å². The highest BCUT2D eigenvalue weighted by atomic mass is 79.9. The Bertz CT molecular complexity index is 500. The summed E-state index contributed by atoms with van der Waals surface area (Å²) >= 11 is 3.54. The van der Waals surface area contributed by atoms with E-state index in [1.54, 1.807) is 0 Å². The standard InChI is InChI=1S/C16H19BrN2/c17-14-8-7-13(11-18)16(10-14)19-9-3-6-15(19)12-4-1-2-5-12/h7-8,10,12,15H,1-6,9H2. The quantitative estimate of drug-likeness (QED) is 0.803. The molecule has 2 aliphatic rings. The maximum absolute atomic E-state index is 9.33. The summed E-state index contributed by atoms with van der Waals surface area (Å²) in [5.41, 5.74) is 1.94. The minimum atomic E-state index is 0.656. The second-order valence-electron chi connectivity index (χ2n) is 5.72. The van der Waals surface area contributed by atoms with E-state index in [0.717, 1.165) is 28.2 Å². The molecule has 1 saturated carbocycles. The number of rotatable bonds is 2. The summed E-state index contributed by atoms with van der Waals surface area (Å²) in [6.07, 6.45) is 8.08. The van der Waals surface area contributed by atoms with Crippen LogP contribution in [0.5, 0.6) is 0 Å². The molecule has 1 aromatic carbocycles. The summed E-state index contributed by atoms with van der Waals surface area (Å²) in [5.74, 6) is 0.841. The summed E-state index contributed by atoms with van der Waals surface area (Å²) < 4.78 is 1.07. The summed E-state index contributed by atoms with van der Waals surface area (Å²) in [6.45, 7) is 1.10. The van der Waals surface area contributed by atoms with Crippen LogP contribution in [0, 0.1) is 17.2 Å². The van der Waals surface area contributed by atoms with Crippen molar-refractivity contribution in [1.82, 2.24) is 0 Å². The van der Waals surface area contributed by atoms with Gasteiger partial charge < -0.3 is 4.90 Å². The molecule has 0 amide bonds. The van der Waals surface area contributed by atoms with E-state index >= 15 is 0 Å². The van der Waals surface area contributed by atoms with E-state index in [-0.39, 0.29) is 0 Å². The highest BCUT2D eigenvalue weighted by molar-refractivity contribution is 9.10. The predicted octanol–water partition coefficient (Wildman–Crippen LogP) is 4.48. The Morgan fingerprint density at radius 2 is 1.95 bits per heavy atom. The zero-order valence-electron chi connectivity index (χ0n) is 11.1. The van der Waals surface area contributed by atoms with Crippen molar-refractivity contribution in [1.29, 1.82) is 5.26 Å². The van der Waals surface area contributed by atoms with Crippen LogP contribution in [-0.2, 0) is 0 Å². The van der Waals surface area contributed by atoms with Crippen molar-refractivity contribution in [2.75, 3.05) is 11.4 Å². The van der Waals surface area contributed by atoms with Crippen molar-refractivity contribution in [3.8, 4) is 6.07 Å².